The first-order chi connectivity index (χ1) is 10.3. The van der Waals surface area contributed by atoms with E-state index in [9.17, 15) is 0 Å². The van der Waals surface area contributed by atoms with Gasteiger partial charge in [-0.2, -0.15) is 0 Å². The molecule has 5 heteroatoms. The number of hydrogen-bond donors (Lipinski definition) is 3. The maximum Gasteiger partial charge on any atom is 0.137 e. The van der Waals surface area contributed by atoms with E-state index in [1.807, 2.05) is 37.4 Å². The van der Waals surface area contributed by atoms with Crippen molar-refractivity contribution in [2.75, 3.05) is 10.8 Å². The fourth-order valence-corrected chi connectivity index (χ4v) is 2.78. The molecular weight excluding hydrogens is 264 g/mol. The molecule has 0 atom stereocenters. The fourth-order valence-electron chi connectivity index (χ4n) is 2.78. The molecule has 3 rings (SSSR count). The van der Waals surface area contributed by atoms with Gasteiger partial charge in [0.1, 0.15) is 11.6 Å². The van der Waals surface area contributed by atoms with E-state index in [0.717, 1.165) is 22.8 Å². The van der Waals surface area contributed by atoms with Gasteiger partial charge in [0.2, 0.25) is 0 Å². The van der Waals surface area contributed by atoms with Crippen LogP contribution >= 0.6 is 0 Å². The van der Waals surface area contributed by atoms with Gasteiger partial charge >= 0.3 is 0 Å². The quantitative estimate of drug-likeness (QED) is 0.748. The van der Waals surface area contributed by atoms with Crippen molar-refractivity contribution in [3.8, 4) is 11.1 Å². The SMILES string of the molecule is Cc1ncc(-c2ccc(NO)cc2)c(NC2CCCC2)n1. The molecule has 0 amide bonds. The number of benzene rings is 1. The summed E-state index contributed by atoms with van der Waals surface area (Å²) < 4.78 is 0. The van der Waals surface area contributed by atoms with Crippen molar-refractivity contribution >= 4 is 11.5 Å². The molecule has 1 heterocycles. The molecule has 5 nitrogen and oxygen atoms in total. The molecule has 110 valence electrons. The van der Waals surface area contributed by atoms with Crippen LogP contribution in [-0.2, 0) is 0 Å². The van der Waals surface area contributed by atoms with Gasteiger partial charge in [0.25, 0.3) is 0 Å². The highest BCUT2D eigenvalue weighted by Crippen LogP contribution is 2.29. The van der Waals surface area contributed by atoms with Crippen molar-refractivity contribution in [2.24, 2.45) is 0 Å². The van der Waals surface area contributed by atoms with Crippen LogP contribution in [0, 0.1) is 6.92 Å². The minimum absolute atomic E-state index is 0.511. The molecule has 0 bridgehead atoms. The van der Waals surface area contributed by atoms with Crippen LogP contribution in [0.4, 0.5) is 11.5 Å². The molecule has 1 aromatic carbocycles. The van der Waals surface area contributed by atoms with Crippen molar-refractivity contribution in [1.29, 1.82) is 0 Å². The number of anilines is 2. The number of aryl methyl sites for hydroxylation is 1. The van der Waals surface area contributed by atoms with E-state index < -0.39 is 0 Å². The number of hydrogen-bond acceptors (Lipinski definition) is 5. The van der Waals surface area contributed by atoms with Crippen LogP contribution in [0.5, 0.6) is 0 Å². The van der Waals surface area contributed by atoms with Crippen LogP contribution in [0.1, 0.15) is 31.5 Å². The maximum atomic E-state index is 8.89. The van der Waals surface area contributed by atoms with E-state index in [1.54, 1.807) is 0 Å². The van der Waals surface area contributed by atoms with Crippen LogP contribution in [0.25, 0.3) is 11.1 Å². The molecule has 0 unspecified atom stereocenters. The molecule has 1 saturated carbocycles. The predicted molar refractivity (Wildman–Crippen MR) is 83.5 cm³/mol. The van der Waals surface area contributed by atoms with Gasteiger partial charge < -0.3 is 5.32 Å². The minimum Gasteiger partial charge on any atom is -0.367 e. The zero-order valence-corrected chi connectivity index (χ0v) is 12.1. The van der Waals surface area contributed by atoms with Gasteiger partial charge in [-0.15, -0.1) is 0 Å². The summed E-state index contributed by atoms with van der Waals surface area (Å²) in [5, 5.41) is 12.5. The summed E-state index contributed by atoms with van der Waals surface area (Å²) in [4.78, 5) is 8.89. The Morgan fingerprint density at radius 2 is 1.86 bits per heavy atom. The van der Waals surface area contributed by atoms with Gasteiger partial charge in [-0.05, 0) is 37.5 Å². The smallest absolute Gasteiger partial charge is 0.137 e. The van der Waals surface area contributed by atoms with Crippen LogP contribution in [-0.4, -0.2) is 21.2 Å². The van der Waals surface area contributed by atoms with Crippen LogP contribution in [0.2, 0.25) is 0 Å². The Morgan fingerprint density at radius 1 is 1.14 bits per heavy atom. The third-order valence-corrected chi connectivity index (χ3v) is 3.93. The summed E-state index contributed by atoms with van der Waals surface area (Å²) in [5.41, 5.74) is 4.84. The Balaban J connectivity index is 1.92. The molecule has 1 aliphatic rings. The number of nitrogens with one attached hydrogen (secondary N) is 2. The second-order valence-corrected chi connectivity index (χ2v) is 5.49. The van der Waals surface area contributed by atoms with Crippen molar-refractivity contribution in [1.82, 2.24) is 9.97 Å². The first-order valence-corrected chi connectivity index (χ1v) is 7.37. The van der Waals surface area contributed by atoms with E-state index in [2.05, 4.69) is 20.8 Å². The summed E-state index contributed by atoms with van der Waals surface area (Å²) in [7, 11) is 0. The second kappa shape index (κ2) is 6.10. The Bertz CT molecular complexity index is 606. The van der Waals surface area contributed by atoms with Crippen molar-refractivity contribution in [2.45, 2.75) is 38.6 Å². The number of aromatic nitrogens is 2. The highest BCUT2D eigenvalue weighted by atomic mass is 16.5. The van der Waals surface area contributed by atoms with Gasteiger partial charge in [0.15, 0.2) is 0 Å². The van der Waals surface area contributed by atoms with Gasteiger partial charge in [-0.1, -0.05) is 25.0 Å². The van der Waals surface area contributed by atoms with Crippen LogP contribution < -0.4 is 10.8 Å². The lowest BCUT2D eigenvalue weighted by atomic mass is 10.1. The largest absolute Gasteiger partial charge is 0.367 e. The molecule has 0 spiro atoms. The Labute approximate surface area is 124 Å². The Morgan fingerprint density at radius 3 is 2.52 bits per heavy atom. The van der Waals surface area contributed by atoms with E-state index in [0.29, 0.717) is 11.7 Å². The van der Waals surface area contributed by atoms with Gasteiger partial charge in [0, 0.05) is 17.8 Å². The van der Waals surface area contributed by atoms with Gasteiger partial charge in [-0.3, -0.25) is 10.7 Å². The number of rotatable bonds is 4. The molecule has 0 radical (unpaired) electrons. The number of nitrogens with zero attached hydrogens (tertiary/aromatic N) is 2. The lowest BCUT2D eigenvalue weighted by Gasteiger charge is -2.16. The first kappa shape index (κ1) is 13.8. The third kappa shape index (κ3) is 3.13. The topological polar surface area (TPSA) is 70.1 Å². The highest BCUT2D eigenvalue weighted by molar-refractivity contribution is 5.75. The minimum atomic E-state index is 0.511. The lowest BCUT2D eigenvalue weighted by molar-refractivity contribution is 0.389. The molecule has 0 saturated heterocycles. The Hall–Kier alpha value is -2.14. The van der Waals surface area contributed by atoms with E-state index >= 15 is 0 Å². The maximum absolute atomic E-state index is 8.89. The average Bonchev–Trinajstić information content (AvgIpc) is 3.01. The molecule has 2 aromatic rings. The first-order valence-electron chi connectivity index (χ1n) is 7.37. The summed E-state index contributed by atoms with van der Waals surface area (Å²) >= 11 is 0. The highest BCUT2D eigenvalue weighted by Gasteiger charge is 2.17. The van der Waals surface area contributed by atoms with Crippen LogP contribution in [0.15, 0.2) is 30.5 Å². The molecule has 21 heavy (non-hydrogen) atoms. The molecule has 1 fully saturated rings. The zero-order chi connectivity index (χ0) is 14.7. The van der Waals surface area contributed by atoms with Crippen molar-refractivity contribution in [3.05, 3.63) is 36.3 Å². The van der Waals surface area contributed by atoms with E-state index in [1.165, 1.54) is 25.7 Å². The molecule has 1 aromatic heterocycles. The molecule has 0 aliphatic heterocycles. The Kier molecular flexibility index (Phi) is 4.01. The molecule has 3 N–H and O–H groups in total. The summed E-state index contributed by atoms with van der Waals surface area (Å²) in [6, 6.07) is 8.07. The zero-order valence-electron chi connectivity index (χ0n) is 12.1. The van der Waals surface area contributed by atoms with Crippen LogP contribution in [0.3, 0.4) is 0 Å². The summed E-state index contributed by atoms with van der Waals surface area (Å²) in [5.74, 6) is 1.67. The lowest BCUT2D eigenvalue weighted by Crippen LogP contribution is -2.16. The predicted octanol–water partition coefficient (Wildman–Crippen LogP) is 3.61. The fraction of sp³-hybridized carbons (Fsp3) is 0.375. The standard InChI is InChI=1S/C16H20N4O/c1-11-17-10-15(12-6-8-14(20-21)9-7-12)16(18-11)19-13-4-2-3-5-13/h6-10,13,20-21H,2-5H2,1H3,(H,17,18,19). The normalized spacial score (nSPS) is 15.1. The molecular formula is C16H20N4O. The van der Waals surface area contributed by atoms with Crippen molar-refractivity contribution in [3.63, 3.8) is 0 Å². The summed E-state index contributed by atoms with van der Waals surface area (Å²) in [6.07, 6.45) is 6.84. The van der Waals surface area contributed by atoms with Gasteiger partial charge in [0.05, 0.1) is 5.69 Å². The van der Waals surface area contributed by atoms with E-state index in [-0.39, 0.29) is 0 Å². The molecule has 1 aliphatic carbocycles. The van der Waals surface area contributed by atoms with Gasteiger partial charge in [-0.25, -0.2) is 9.97 Å². The second-order valence-electron chi connectivity index (χ2n) is 5.49. The monoisotopic (exact) mass is 284 g/mol. The van der Waals surface area contributed by atoms with Crippen molar-refractivity contribution < 1.29 is 5.21 Å². The third-order valence-electron chi connectivity index (χ3n) is 3.93. The summed E-state index contributed by atoms with van der Waals surface area (Å²) in [6.45, 7) is 1.91. The average molecular weight is 284 g/mol. The van der Waals surface area contributed by atoms with E-state index in [4.69, 9.17) is 5.21 Å².